The first kappa shape index (κ1) is 17.9. The van der Waals surface area contributed by atoms with Crippen LogP contribution in [0.2, 0.25) is 5.02 Å². The lowest BCUT2D eigenvalue weighted by atomic mass is 10.1. The van der Waals surface area contributed by atoms with E-state index in [-0.39, 0.29) is 30.4 Å². The molecule has 3 aromatic rings. The first-order valence-electron chi connectivity index (χ1n) is 7.57. The van der Waals surface area contributed by atoms with Gasteiger partial charge in [-0.3, -0.25) is 4.79 Å². The van der Waals surface area contributed by atoms with Crippen molar-refractivity contribution in [3.05, 3.63) is 70.9 Å². The number of benzene rings is 2. The lowest BCUT2D eigenvalue weighted by molar-refractivity contribution is -0.123. The number of hydrogen-bond donors (Lipinski definition) is 1. The number of aromatic nitrogens is 1. The predicted molar refractivity (Wildman–Crippen MR) is 90.6 cm³/mol. The Labute approximate surface area is 152 Å². The van der Waals surface area contributed by atoms with E-state index in [0.29, 0.717) is 16.5 Å². The highest BCUT2D eigenvalue weighted by molar-refractivity contribution is 6.30. The second-order valence-electron chi connectivity index (χ2n) is 5.33. The van der Waals surface area contributed by atoms with Gasteiger partial charge < -0.3 is 14.6 Å². The molecular weight excluding hydrogens is 366 g/mol. The average Bonchev–Trinajstić information content (AvgIpc) is 3.08. The SMILES string of the molecule is O=C(COc1ccc(Cl)cc1)NCc1cc(-c2ccc(F)cc2F)on1. The van der Waals surface area contributed by atoms with Gasteiger partial charge in [0.1, 0.15) is 23.1 Å². The van der Waals surface area contributed by atoms with E-state index in [2.05, 4.69) is 10.5 Å². The Morgan fingerprint density at radius 2 is 1.92 bits per heavy atom. The Morgan fingerprint density at radius 1 is 1.15 bits per heavy atom. The van der Waals surface area contributed by atoms with Crippen LogP contribution in [0.25, 0.3) is 11.3 Å². The number of ether oxygens (including phenoxy) is 1. The largest absolute Gasteiger partial charge is 0.484 e. The maximum atomic E-state index is 13.7. The molecule has 134 valence electrons. The molecule has 2 aromatic carbocycles. The summed E-state index contributed by atoms with van der Waals surface area (Å²) >= 11 is 5.76. The average molecular weight is 379 g/mol. The molecule has 1 heterocycles. The Bertz CT molecular complexity index is 913. The second-order valence-corrected chi connectivity index (χ2v) is 5.76. The molecule has 1 aromatic heterocycles. The molecule has 5 nitrogen and oxygen atoms in total. The van der Waals surface area contributed by atoms with Crippen LogP contribution in [0.3, 0.4) is 0 Å². The topological polar surface area (TPSA) is 64.4 Å². The summed E-state index contributed by atoms with van der Waals surface area (Å²) in [5, 5.41) is 6.92. The summed E-state index contributed by atoms with van der Waals surface area (Å²) in [6.07, 6.45) is 0. The van der Waals surface area contributed by atoms with Gasteiger partial charge in [-0.15, -0.1) is 0 Å². The van der Waals surface area contributed by atoms with Gasteiger partial charge in [0.25, 0.3) is 5.91 Å². The zero-order valence-electron chi connectivity index (χ0n) is 13.3. The van der Waals surface area contributed by atoms with E-state index < -0.39 is 11.6 Å². The van der Waals surface area contributed by atoms with Crippen LogP contribution in [0.5, 0.6) is 5.75 Å². The fourth-order valence-corrected chi connectivity index (χ4v) is 2.26. The van der Waals surface area contributed by atoms with Gasteiger partial charge in [-0.25, -0.2) is 8.78 Å². The third-order valence-electron chi connectivity index (χ3n) is 3.41. The standard InChI is InChI=1S/C18H13ClF2N2O3/c19-11-1-4-14(5-2-11)25-10-18(24)22-9-13-8-17(26-23-13)15-6-3-12(20)7-16(15)21/h1-8H,9-10H2,(H,22,24). The molecule has 0 radical (unpaired) electrons. The van der Waals surface area contributed by atoms with Crippen molar-refractivity contribution in [2.24, 2.45) is 0 Å². The lowest BCUT2D eigenvalue weighted by Crippen LogP contribution is -2.28. The highest BCUT2D eigenvalue weighted by atomic mass is 35.5. The second kappa shape index (κ2) is 7.97. The Balaban J connectivity index is 1.52. The van der Waals surface area contributed by atoms with Crippen LogP contribution in [0, 0.1) is 11.6 Å². The van der Waals surface area contributed by atoms with Crippen molar-refractivity contribution in [1.82, 2.24) is 10.5 Å². The molecule has 0 saturated heterocycles. The molecule has 0 unspecified atom stereocenters. The van der Waals surface area contributed by atoms with Gasteiger partial charge in [-0.1, -0.05) is 16.8 Å². The first-order valence-corrected chi connectivity index (χ1v) is 7.95. The smallest absolute Gasteiger partial charge is 0.258 e. The molecule has 0 saturated carbocycles. The molecule has 0 bridgehead atoms. The Kier molecular flexibility index (Phi) is 5.48. The minimum absolute atomic E-state index is 0.0785. The fraction of sp³-hybridized carbons (Fsp3) is 0.111. The van der Waals surface area contributed by atoms with Gasteiger partial charge in [0.15, 0.2) is 12.4 Å². The summed E-state index contributed by atoms with van der Waals surface area (Å²) in [6.45, 7) is -0.103. The number of carbonyl (C=O) groups is 1. The van der Waals surface area contributed by atoms with Crippen LogP contribution in [0.1, 0.15) is 5.69 Å². The van der Waals surface area contributed by atoms with Crippen LogP contribution in [-0.2, 0) is 11.3 Å². The van der Waals surface area contributed by atoms with E-state index >= 15 is 0 Å². The van der Waals surface area contributed by atoms with Gasteiger partial charge in [0.2, 0.25) is 0 Å². The van der Waals surface area contributed by atoms with E-state index in [1.54, 1.807) is 24.3 Å². The Morgan fingerprint density at radius 3 is 2.65 bits per heavy atom. The van der Waals surface area contributed by atoms with Crippen molar-refractivity contribution in [1.29, 1.82) is 0 Å². The molecule has 0 aliphatic heterocycles. The third-order valence-corrected chi connectivity index (χ3v) is 3.66. The highest BCUT2D eigenvalue weighted by Crippen LogP contribution is 2.24. The zero-order chi connectivity index (χ0) is 18.5. The Hall–Kier alpha value is -2.93. The van der Waals surface area contributed by atoms with E-state index in [9.17, 15) is 13.6 Å². The zero-order valence-corrected chi connectivity index (χ0v) is 14.1. The van der Waals surface area contributed by atoms with E-state index in [1.807, 2.05) is 0 Å². The van der Waals surface area contributed by atoms with Gasteiger partial charge in [-0.2, -0.15) is 0 Å². The number of nitrogens with one attached hydrogen (secondary N) is 1. The molecule has 0 atom stereocenters. The van der Waals surface area contributed by atoms with Crippen molar-refractivity contribution >= 4 is 17.5 Å². The molecule has 3 rings (SSSR count). The third kappa shape index (κ3) is 4.58. The molecule has 0 aliphatic carbocycles. The van der Waals surface area contributed by atoms with E-state index in [1.165, 1.54) is 12.1 Å². The maximum absolute atomic E-state index is 13.7. The van der Waals surface area contributed by atoms with Crippen molar-refractivity contribution < 1.29 is 22.8 Å². The number of amides is 1. The lowest BCUT2D eigenvalue weighted by Gasteiger charge is -2.06. The molecule has 8 heteroatoms. The minimum atomic E-state index is -0.756. The number of hydrogen-bond acceptors (Lipinski definition) is 4. The van der Waals surface area contributed by atoms with E-state index in [4.69, 9.17) is 20.9 Å². The van der Waals surface area contributed by atoms with Crippen molar-refractivity contribution in [3.8, 4) is 17.1 Å². The summed E-state index contributed by atoms with van der Waals surface area (Å²) in [5.41, 5.74) is 0.478. The van der Waals surface area contributed by atoms with Gasteiger partial charge in [0, 0.05) is 17.2 Å². The summed E-state index contributed by atoms with van der Waals surface area (Å²) in [7, 11) is 0. The van der Waals surface area contributed by atoms with Crippen LogP contribution >= 0.6 is 11.6 Å². The maximum Gasteiger partial charge on any atom is 0.258 e. The van der Waals surface area contributed by atoms with Crippen molar-refractivity contribution in [2.45, 2.75) is 6.54 Å². The minimum Gasteiger partial charge on any atom is -0.484 e. The van der Waals surface area contributed by atoms with Crippen LogP contribution in [0.4, 0.5) is 8.78 Å². The number of nitrogens with zero attached hydrogens (tertiary/aromatic N) is 1. The van der Waals surface area contributed by atoms with E-state index in [0.717, 1.165) is 12.1 Å². The predicted octanol–water partition coefficient (Wildman–Crippen LogP) is 3.97. The van der Waals surface area contributed by atoms with Crippen LogP contribution in [0.15, 0.2) is 53.1 Å². The van der Waals surface area contributed by atoms with Gasteiger partial charge in [-0.05, 0) is 36.4 Å². The molecule has 1 N–H and O–H groups in total. The number of rotatable bonds is 6. The number of carbonyl (C=O) groups excluding carboxylic acids is 1. The van der Waals surface area contributed by atoms with Gasteiger partial charge >= 0.3 is 0 Å². The number of halogens is 3. The molecule has 0 aliphatic rings. The molecular formula is C18H13ClF2N2O3. The normalized spacial score (nSPS) is 10.6. The van der Waals surface area contributed by atoms with Crippen molar-refractivity contribution in [3.63, 3.8) is 0 Å². The highest BCUT2D eigenvalue weighted by Gasteiger charge is 2.13. The van der Waals surface area contributed by atoms with Crippen LogP contribution in [-0.4, -0.2) is 17.7 Å². The van der Waals surface area contributed by atoms with Crippen molar-refractivity contribution in [2.75, 3.05) is 6.61 Å². The summed E-state index contributed by atoms with van der Waals surface area (Å²) in [5.74, 6) is -1.14. The summed E-state index contributed by atoms with van der Waals surface area (Å²) < 4.78 is 37.0. The van der Waals surface area contributed by atoms with Crippen LogP contribution < -0.4 is 10.1 Å². The fourth-order valence-electron chi connectivity index (χ4n) is 2.13. The quantitative estimate of drug-likeness (QED) is 0.705. The summed E-state index contributed by atoms with van der Waals surface area (Å²) in [4.78, 5) is 11.8. The monoisotopic (exact) mass is 378 g/mol. The summed E-state index contributed by atoms with van der Waals surface area (Å²) in [6, 6.07) is 11.2. The molecule has 0 spiro atoms. The molecule has 1 amide bonds. The first-order chi connectivity index (χ1) is 12.5. The van der Waals surface area contributed by atoms with Gasteiger partial charge in [0.05, 0.1) is 12.1 Å². The molecule has 26 heavy (non-hydrogen) atoms. The molecule has 0 fully saturated rings.